The van der Waals surface area contributed by atoms with Gasteiger partial charge in [-0.3, -0.25) is 9.59 Å². The first-order valence-corrected chi connectivity index (χ1v) is 4.87. The predicted molar refractivity (Wildman–Crippen MR) is 52.5 cm³/mol. The molecule has 0 aromatic carbocycles. The monoisotopic (exact) mass is 214 g/mol. The molecule has 0 saturated heterocycles. The predicted octanol–water partition coefficient (Wildman–Crippen LogP) is 0.889. The number of hydrogen-bond donors (Lipinski definition) is 1. The van der Waals surface area contributed by atoms with Gasteiger partial charge in [-0.15, -0.1) is 11.3 Å². The van der Waals surface area contributed by atoms with Gasteiger partial charge < -0.3 is 10.0 Å². The quantitative estimate of drug-likeness (QED) is 0.739. The van der Waals surface area contributed by atoms with Gasteiger partial charge in [0.05, 0.1) is 17.6 Å². The standard InChI is InChI=1S/C8H10N2O3S/c1-6-8(14-4-9-6)10(5-11)3-2-7(12)13/h4-5H,2-3H2,1H3,(H,12,13). The van der Waals surface area contributed by atoms with Crippen LogP contribution in [-0.4, -0.2) is 29.0 Å². The van der Waals surface area contributed by atoms with Crippen molar-refractivity contribution in [1.82, 2.24) is 4.98 Å². The fourth-order valence-corrected chi connectivity index (χ4v) is 1.79. The molecule has 0 saturated carbocycles. The van der Waals surface area contributed by atoms with Crippen LogP contribution in [0.4, 0.5) is 5.00 Å². The summed E-state index contributed by atoms with van der Waals surface area (Å²) in [6.45, 7) is 1.96. The van der Waals surface area contributed by atoms with Gasteiger partial charge >= 0.3 is 5.97 Å². The Labute approximate surface area is 85.0 Å². The van der Waals surface area contributed by atoms with Crippen molar-refractivity contribution >= 4 is 28.7 Å². The molecule has 6 heteroatoms. The molecule has 1 aromatic heterocycles. The van der Waals surface area contributed by atoms with Crippen LogP contribution < -0.4 is 4.90 Å². The summed E-state index contributed by atoms with van der Waals surface area (Å²) in [7, 11) is 0. The third-order valence-corrected chi connectivity index (χ3v) is 2.64. The molecule has 0 aliphatic carbocycles. The van der Waals surface area contributed by atoms with Crippen LogP contribution in [0, 0.1) is 6.92 Å². The van der Waals surface area contributed by atoms with E-state index in [0.717, 1.165) is 5.69 Å². The third-order valence-electron chi connectivity index (χ3n) is 1.67. The first-order chi connectivity index (χ1) is 6.65. The number of carboxylic acids is 1. The van der Waals surface area contributed by atoms with Crippen LogP contribution in [0.1, 0.15) is 12.1 Å². The summed E-state index contributed by atoms with van der Waals surface area (Å²) in [5, 5.41) is 9.18. The van der Waals surface area contributed by atoms with Gasteiger partial charge in [-0.05, 0) is 6.92 Å². The second-order valence-electron chi connectivity index (χ2n) is 2.69. The van der Waals surface area contributed by atoms with Crippen LogP contribution in [0.2, 0.25) is 0 Å². The van der Waals surface area contributed by atoms with E-state index in [9.17, 15) is 9.59 Å². The molecule has 1 heterocycles. The molecule has 0 unspecified atom stereocenters. The van der Waals surface area contributed by atoms with E-state index in [1.54, 1.807) is 12.4 Å². The van der Waals surface area contributed by atoms with E-state index in [4.69, 9.17) is 5.11 Å². The molecule has 0 atom stereocenters. The zero-order chi connectivity index (χ0) is 10.6. The van der Waals surface area contributed by atoms with Crippen molar-refractivity contribution in [2.45, 2.75) is 13.3 Å². The highest BCUT2D eigenvalue weighted by molar-refractivity contribution is 7.14. The molecule has 0 aliphatic rings. The van der Waals surface area contributed by atoms with Gasteiger partial charge in [-0.2, -0.15) is 0 Å². The van der Waals surface area contributed by atoms with Gasteiger partial charge in [-0.1, -0.05) is 0 Å². The van der Waals surface area contributed by atoms with Gasteiger partial charge in [-0.25, -0.2) is 4.98 Å². The van der Waals surface area contributed by atoms with Gasteiger partial charge in [0, 0.05) is 6.54 Å². The molecule has 14 heavy (non-hydrogen) atoms. The number of carboxylic acid groups (broad SMARTS) is 1. The maximum absolute atomic E-state index is 10.7. The van der Waals surface area contributed by atoms with Crippen LogP contribution in [0.25, 0.3) is 0 Å². The number of aromatic nitrogens is 1. The van der Waals surface area contributed by atoms with E-state index in [-0.39, 0.29) is 13.0 Å². The zero-order valence-electron chi connectivity index (χ0n) is 7.64. The number of nitrogens with zero attached hydrogens (tertiary/aromatic N) is 2. The molecule has 1 N–H and O–H groups in total. The fraction of sp³-hybridized carbons (Fsp3) is 0.375. The smallest absolute Gasteiger partial charge is 0.305 e. The Hall–Kier alpha value is -1.43. The van der Waals surface area contributed by atoms with Gasteiger partial charge in [0.2, 0.25) is 6.41 Å². The molecule has 5 nitrogen and oxygen atoms in total. The van der Waals surface area contributed by atoms with Gasteiger partial charge in [0.1, 0.15) is 5.00 Å². The summed E-state index contributed by atoms with van der Waals surface area (Å²) in [5.74, 6) is -0.918. The number of anilines is 1. The molecule has 0 aliphatic heterocycles. The largest absolute Gasteiger partial charge is 0.481 e. The number of thiazole rings is 1. The Morgan fingerprint density at radius 1 is 1.79 bits per heavy atom. The Morgan fingerprint density at radius 2 is 2.50 bits per heavy atom. The lowest BCUT2D eigenvalue weighted by molar-refractivity contribution is -0.136. The second-order valence-corrected chi connectivity index (χ2v) is 3.52. The molecule has 0 spiro atoms. The molecule has 1 rings (SSSR count). The topological polar surface area (TPSA) is 70.5 Å². The number of aliphatic carboxylic acids is 1. The van der Waals surface area contributed by atoms with Gasteiger partial charge in [0.25, 0.3) is 0 Å². The first kappa shape index (κ1) is 10.6. The lowest BCUT2D eigenvalue weighted by atomic mass is 10.4. The summed E-state index contributed by atoms with van der Waals surface area (Å²) in [6.07, 6.45) is 0.569. The summed E-state index contributed by atoms with van der Waals surface area (Å²) < 4.78 is 0. The maximum atomic E-state index is 10.7. The molecule has 76 valence electrons. The Balaban J connectivity index is 2.68. The lowest BCUT2D eigenvalue weighted by Gasteiger charge is -2.13. The highest BCUT2D eigenvalue weighted by Gasteiger charge is 2.11. The summed E-state index contributed by atoms with van der Waals surface area (Å²) in [4.78, 5) is 26.3. The van der Waals surface area contributed by atoms with E-state index in [1.807, 2.05) is 0 Å². The van der Waals surface area contributed by atoms with Crippen molar-refractivity contribution in [2.24, 2.45) is 0 Å². The van der Waals surface area contributed by atoms with Crippen molar-refractivity contribution in [3.05, 3.63) is 11.2 Å². The summed E-state index contributed by atoms with van der Waals surface area (Å²) >= 11 is 1.32. The molecule has 0 radical (unpaired) electrons. The van der Waals surface area contributed by atoms with Crippen molar-refractivity contribution in [3.8, 4) is 0 Å². The average molecular weight is 214 g/mol. The molecule has 1 aromatic rings. The maximum Gasteiger partial charge on any atom is 0.305 e. The van der Waals surface area contributed by atoms with Crippen molar-refractivity contribution < 1.29 is 14.7 Å². The average Bonchev–Trinajstić information content (AvgIpc) is 2.53. The van der Waals surface area contributed by atoms with E-state index >= 15 is 0 Å². The number of amides is 1. The van der Waals surface area contributed by atoms with E-state index in [1.165, 1.54) is 16.2 Å². The normalized spacial score (nSPS) is 9.79. The number of aryl methyl sites for hydroxylation is 1. The van der Waals surface area contributed by atoms with E-state index in [2.05, 4.69) is 4.98 Å². The van der Waals surface area contributed by atoms with Crippen molar-refractivity contribution in [3.63, 3.8) is 0 Å². The van der Waals surface area contributed by atoms with Crippen molar-refractivity contribution in [1.29, 1.82) is 0 Å². The number of rotatable bonds is 5. The Morgan fingerprint density at radius 3 is 2.93 bits per heavy atom. The SMILES string of the molecule is Cc1ncsc1N(C=O)CCC(=O)O. The molecule has 1 amide bonds. The lowest BCUT2D eigenvalue weighted by Crippen LogP contribution is -2.24. The van der Waals surface area contributed by atoms with E-state index < -0.39 is 5.97 Å². The Kier molecular flexibility index (Phi) is 3.58. The Bertz CT molecular complexity index is 337. The molecular formula is C8H10N2O3S. The fourth-order valence-electron chi connectivity index (χ4n) is 0.990. The minimum atomic E-state index is -0.918. The molecular weight excluding hydrogens is 204 g/mol. The van der Waals surface area contributed by atoms with Crippen LogP contribution in [0.15, 0.2) is 5.51 Å². The zero-order valence-corrected chi connectivity index (χ0v) is 8.45. The highest BCUT2D eigenvalue weighted by Crippen LogP contribution is 2.23. The van der Waals surface area contributed by atoms with Gasteiger partial charge in [0.15, 0.2) is 0 Å². The van der Waals surface area contributed by atoms with Crippen LogP contribution >= 0.6 is 11.3 Å². The minimum absolute atomic E-state index is 0.0594. The first-order valence-electron chi connectivity index (χ1n) is 3.99. The van der Waals surface area contributed by atoms with Crippen LogP contribution in [-0.2, 0) is 9.59 Å². The van der Waals surface area contributed by atoms with Crippen molar-refractivity contribution in [2.75, 3.05) is 11.4 Å². The number of carbonyl (C=O) groups is 2. The third kappa shape index (κ3) is 2.53. The number of carbonyl (C=O) groups excluding carboxylic acids is 1. The summed E-state index contributed by atoms with van der Waals surface area (Å²) in [6, 6.07) is 0. The molecule has 0 bridgehead atoms. The second kappa shape index (κ2) is 4.71. The molecule has 0 fully saturated rings. The van der Waals surface area contributed by atoms with Crippen LogP contribution in [0.5, 0.6) is 0 Å². The van der Waals surface area contributed by atoms with Crippen LogP contribution in [0.3, 0.4) is 0 Å². The highest BCUT2D eigenvalue weighted by atomic mass is 32.1. The summed E-state index contributed by atoms with van der Waals surface area (Å²) in [5.41, 5.74) is 2.37. The number of hydrogen-bond acceptors (Lipinski definition) is 4. The minimum Gasteiger partial charge on any atom is -0.481 e. The van der Waals surface area contributed by atoms with E-state index in [0.29, 0.717) is 11.4 Å².